The maximum absolute atomic E-state index is 5.68. The highest BCUT2D eigenvalue weighted by Gasteiger charge is 1.92. The minimum atomic E-state index is 0.567. The molecule has 0 heterocycles. The van der Waals surface area contributed by atoms with Crippen LogP contribution in [0.2, 0.25) is 0 Å². The van der Waals surface area contributed by atoms with Crippen LogP contribution in [0.15, 0.2) is 29.8 Å². The molecule has 0 fully saturated rings. The van der Waals surface area contributed by atoms with Crippen LogP contribution in [0.1, 0.15) is 12.5 Å². The second-order valence-electron chi connectivity index (χ2n) is 2.90. The molecule has 1 nitrogen and oxygen atoms in total. The highest BCUT2D eigenvalue weighted by molar-refractivity contribution is 6.19. The minimum absolute atomic E-state index is 0.567. The lowest BCUT2D eigenvalue weighted by Crippen LogP contribution is -1.83. The van der Waals surface area contributed by atoms with Gasteiger partial charge in [-0.15, -0.1) is 11.6 Å². The van der Waals surface area contributed by atoms with Gasteiger partial charge in [-0.05, 0) is 24.6 Å². The SMILES string of the molecule is COc1cccc(/C=C(/C)CCl)c1. The molecule has 0 unspecified atom stereocenters. The molecule has 0 aromatic heterocycles. The van der Waals surface area contributed by atoms with Crippen LogP contribution in [0, 0.1) is 0 Å². The van der Waals surface area contributed by atoms with Crippen molar-refractivity contribution in [3.63, 3.8) is 0 Å². The molecule has 0 bridgehead atoms. The molecule has 0 N–H and O–H groups in total. The fraction of sp³-hybridized carbons (Fsp3) is 0.273. The van der Waals surface area contributed by atoms with E-state index in [4.69, 9.17) is 16.3 Å². The lowest BCUT2D eigenvalue weighted by atomic mass is 10.1. The third-order valence-corrected chi connectivity index (χ3v) is 2.14. The van der Waals surface area contributed by atoms with E-state index in [9.17, 15) is 0 Å². The molecule has 0 saturated carbocycles. The molecule has 1 aromatic rings. The summed E-state index contributed by atoms with van der Waals surface area (Å²) in [5.41, 5.74) is 2.27. The number of ether oxygens (including phenoxy) is 1. The molecule has 2 heteroatoms. The van der Waals surface area contributed by atoms with E-state index in [0.29, 0.717) is 5.88 Å². The smallest absolute Gasteiger partial charge is 0.119 e. The van der Waals surface area contributed by atoms with Gasteiger partial charge < -0.3 is 4.74 Å². The van der Waals surface area contributed by atoms with Gasteiger partial charge in [0.25, 0.3) is 0 Å². The number of hydrogen-bond donors (Lipinski definition) is 0. The van der Waals surface area contributed by atoms with Gasteiger partial charge in [0.05, 0.1) is 7.11 Å². The van der Waals surface area contributed by atoms with Crippen molar-refractivity contribution in [1.82, 2.24) is 0 Å². The Morgan fingerprint density at radius 3 is 2.92 bits per heavy atom. The average Bonchev–Trinajstić information content (AvgIpc) is 2.18. The summed E-state index contributed by atoms with van der Waals surface area (Å²) in [5, 5.41) is 0. The molecule has 70 valence electrons. The van der Waals surface area contributed by atoms with Crippen LogP contribution < -0.4 is 4.74 Å². The maximum Gasteiger partial charge on any atom is 0.119 e. The summed E-state index contributed by atoms with van der Waals surface area (Å²) in [6, 6.07) is 7.90. The first-order valence-electron chi connectivity index (χ1n) is 4.13. The second-order valence-corrected chi connectivity index (χ2v) is 3.17. The van der Waals surface area contributed by atoms with Crippen LogP contribution in [0.5, 0.6) is 5.75 Å². The summed E-state index contributed by atoms with van der Waals surface area (Å²) in [6.45, 7) is 2.01. The Kier molecular flexibility index (Phi) is 3.84. The normalized spacial score (nSPS) is 11.5. The van der Waals surface area contributed by atoms with Crippen LogP contribution >= 0.6 is 11.6 Å². The fourth-order valence-corrected chi connectivity index (χ4v) is 1.13. The summed E-state index contributed by atoms with van der Waals surface area (Å²) in [6.07, 6.45) is 2.05. The van der Waals surface area contributed by atoms with Crippen LogP contribution in [0.3, 0.4) is 0 Å². The van der Waals surface area contributed by atoms with E-state index < -0.39 is 0 Å². The van der Waals surface area contributed by atoms with Crippen molar-refractivity contribution in [3.8, 4) is 5.75 Å². The molecule has 0 aliphatic carbocycles. The molecule has 0 aliphatic rings. The van der Waals surface area contributed by atoms with Crippen molar-refractivity contribution < 1.29 is 4.74 Å². The van der Waals surface area contributed by atoms with Gasteiger partial charge in [0.2, 0.25) is 0 Å². The van der Waals surface area contributed by atoms with Crippen molar-refractivity contribution in [2.45, 2.75) is 6.92 Å². The zero-order chi connectivity index (χ0) is 9.68. The number of halogens is 1. The summed E-state index contributed by atoms with van der Waals surface area (Å²) in [4.78, 5) is 0. The molecule has 0 saturated heterocycles. The van der Waals surface area contributed by atoms with Gasteiger partial charge in [-0.2, -0.15) is 0 Å². The number of alkyl halides is 1. The summed E-state index contributed by atoms with van der Waals surface area (Å²) in [5.74, 6) is 1.44. The van der Waals surface area contributed by atoms with E-state index in [1.165, 1.54) is 0 Å². The Morgan fingerprint density at radius 2 is 2.31 bits per heavy atom. The van der Waals surface area contributed by atoms with Gasteiger partial charge in [-0.1, -0.05) is 23.8 Å². The predicted molar refractivity (Wildman–Crippen MR) is 57.4 cm³/mol. The molecule has 0 spiro atoms. The predicted octanol–water partition coefficient (Wildman–Crippen LogP) is 3.34. The quantitative estimate of drug-likeness (QED) is 0.674. The van der Waals surface area contributed by atoms with Gasteiger partial charge >= 0.3 is 0 Å². The number of methoxy groups -OCH3 is 1. The molecule has 1 rings (SSSR count). The van der Waals surface area contributed by atoms with Crippen LogP contribution in [-0.4, -0.2) is 13.0 Å². The highest BCUT2D eigenvalue weighted by Crippen LogP contribution is 2.15. The zero-order valence-corrected chi connectivity index (χ0v) is 8.64. The van der Waals surface area contributed by atoms with Crippen molar-refractivity contribution >= 4 is 17.7 Å². The number of benzene rings is 1. The van der Waals surface area contributed by atoms with Gasteiger partial charge in [0.15, 0.2) is 0 Å². The first-order chi connectivity index (χ1) is 6.26. The molecule has 13 heavy (non-hydrogen) atoms. The summed E-state index contributed by atoms with van der Waals surface area (Å²) in [7, 11) is 1.66. The second kappa shape index (κ2) is 4.93. The van der Waals surface area contributed by atoms with Crippen LogP contribution in [0.4, 0.5) is 0 Å². The first kappa shape index (κ1) is 10.1. The fourth-order valence-electron chi connectivity index (χ4n) is 1.05. The largest absolute Gasteiger partial charge is 0.497 e. The van der Waals surface area contributed by atoms with Gasteiger partial charge in [0, 0.05) is 5.88 Å². The monoisotopic (exact) mass is 196 g/mol. The number of rotatable bonds is 3. The van der Waals surface area contributed by atoms with Crippen LogP contribution in [0.25, 0.3) is 6.08 Å². The standard InChI is InChI=1S/C11H13ClO/c1-9(8-12)6-10-4-3-5-11(7-10)13-2/h3-7H,8H2,1-2H3/b9-6-. The molecule has 0 atom stereocenters. The Bertz CT molecular complexity index is 305. The molecule has 0 aliphatic heterocycles. The van der Waals surface area contributed by atoms with E-state index in [0.717, 1.165) is 16.9 Å². The molecular weight excluding hydrogens is 184 g/mol. The van der Waals surface area contributed by atoms with E-state index >= 15 is 0 Å². The Balaban J connectivity index is 2.89. The van der Waals surface area contributed by atoms with Gasteiger partial charge in [-0.3, -0.25) is 0 Å². The Morgan fingerprint density at radius 1 is 1.54 bits per heavy atom. The third kappa shape index (κ3) is 3.11. The lowest BCUT2D eigenvalue weighted by molar-refractivity contribution is 0.414. The van der Waals surface area contributed by atoms with Gasteiger partial charge in [-0.25, -0.2) is 0 Å². The van der Waals surface area contributed by atoms with Crippen molar-refractivity contribution in [1.29, 1.82) is 0 Å². The Hall–Kier alpha value is -0.950. The number of hydrogen-bond acceptors (Lipinski definition) is 1. The van der Waals surface area contributed by atoms with Crippen molar-refractivity contribution in [3.05, 3.63) is 35.4 Å². The van der Waals surface area contributed by atoms with E-state index in [2.05, 4.69) is 6.08 Å². The maximum atomic E-state index is 5.68. The third-order valence-electron chi connectivity index (χ3n) is 1.72. The van der Waals surface area contributed by atoms with E-state index in [-0.39, 0.29) is 0 Å². The molecule has 0 amide bonds. The average molecular weight is 197 g/mol. The molecule has 1 aromatic carbocycles. The van der Waals surface area contributed by atoms with E-state index in [1.807, 2.05) is 31.2 Å². The molecule has 0 radical (unpaired) electrons. The van der Waals surface area contributed by atoms with Crippen molar-refractivity contribution in [2.24, 2.45) is 0 Å². The highest BCUT2D eigenvalue weighted by atomic mass is 35.5. The Labute approximate surface area is 84.0 Å². The molecular formula is C11H13ClO. The minimum Gasteiger partial charge on any atom is -0.497 e. The zero-order valence-electron chi connectivity index (χ0n) is 7.88. The summed E-state index contributed by atoms with van der Waals surface area (Å²) < 4.78 is 5.11. The van der Waals surface area contributed by atoms with E-state index in [1.54, 1.807) is 7.11 Å². The topological polar surface area (TPSA) is 9.23 Å². The van der Waals surface area contributed by atoms with Gasteiger partial charge in [0.1, 0.15) is 5.75 Å². The first-order valence-corrected chi connectivity index (χ1v) is 4.67. The lowest BCUT2D eigenvalue weighted by Gasteiger charge is -2.01. The van der Waals surface area contributed by atoms with Crippen molar-refractivity contribution in [2.75, 3.05) is 13.0 Å². The summed E-state index contributed by atoms with van der Waals surface area (Å²) >= 11 is 5.68. The van der Waals surface area contributed by atoms with Crippen LogP contribution in [-0.2, 0) is 0 Å². The number of allylic oxidation sites excluding steroid dienone is 1.